The van der Waals surface area contributed by atoms with Crippen molar-refractivity contribution in [1.82, 2.24) is 20.4 Å². The van der Waals surface area contributed by atoms with Gasteiger partial charge in [0, 0.05) is 5.56 Å². The third-order valence-corrected chi connectivity index (χ3v) is 3.74. The molecule has 1 unspecified atom stereocenters. The molecule has 3 aromatic rings. The summed E-state index contributed by atoms with van der Waals surface area (Å²) in [4.78, 5) is 12.3. The Balaban J connectivity index is 1.72. The Morgan fingerprint density at radius 3 is 2.96 bits per heavy atom. The lowest BCUT2D eigenvalue weighted by Crippen LogP contribution is -2.28. The minimum atomic E-state index is -0.594. The largest absolute Gasteiger partial charge is 0.507 e. The molecule has 0 saturated heterocycles. The zero-order chi connectivity index (χ0) is 17.8. The number of phenolic OH excluding ortho intramolecular Hbond substituents is 1. The van der Waals surface area contributed by atoms with Gasteiger partial charge < -0.3 is 9.84 Å². The Morgan fingerprint density at radius 2 is 2.16 bits per heavy atom. The highest BCUT2D eigenvalue weighted by Crippen LogP contribution is 2.21. The van der Waals surface area contributed by atoms with Gasteiger partial charge in [-0.3, -0.25) is 4.79 Å². The fourth-order valence-corrected chi connectivity index (χ4v) is 2.31. The van der Waals surface area contributed by atoms with Gasteiger partial charge in [-0.1, -0.05) is 17.3 Å². The van der Waals surface area contributed by atoms with E-state index in [9.17, 15) is 9.90 Å². The normalized spacial score (nSPS) is 12.4. The van der Waals surface area contributed by atoms with Crippen LogP contribution in [0.1, 0.15) is 18.5 Å². The molecular weight excluding hydrogens is 322 g/mol. The van der Waals surface area contributed by atoms with E-state index < -0.39 is 6.04 Å². The van der Waals surface area contributed by atoms with Crippen molar-refractivity contribution < 1.29 is 14.6 Å². The predicted molar refractivity (Wildman–Crippen MR) is 92.6 cm³/mol. The van der Waals surface area contributed by atoms with Crippen LogP contribution in [-0.2, 0) is 4.79 Å². The van der Waals surface area contributed by atoms with Crippen LogP contribution in [0.4, 0.5) is 0 Å². The summed E-state index contributed by atoms with van der Waals surface area (Å²) >= 11 is 0. The van der Waals surface area contributed by atoms with Crippen LogP contribution in [0.3, 0.4) is 0 Å². The van der Waals surface area contributed by atoms with Gasteiger partial charge in [0.25, 0.3) is 5.91 Å². The monoisotopic (exact) mass is 339 g/mol. The first kappa shape index (κ1) is 16.4. The second kappa shape index (κ2) is 7.00. The molecule has 3 rings (SSSR count). The molecule has 0 bridgehead atoms. The Bertz CT molecular complexity index is 935. The maximum atomic E-state index is 12.3. The maximum absolute atomic E-state index is 12.3. The number of methoxy groups -OCH3 is 1. The van der Waals surface area contributed by atoms with Gasteiger partial charge in [-0.05, 0) is 37.3 Å². The number of rotatable bonds is 5. The fraction of sp³-hybridized carbons (Fsp3) is 0.176. The van der Waals surface area contributed by atoms with E-state index in [4.69, 9.17) is 4.74 Å². The van der Waals surface area contributed by atoms with E-state index >= 15 is 0 Å². The van der Waals surface area contributed by atoms with Crippen molar-refractivity contribution in [3.63, 3.8) is 0 Å². The molecule has 0 saturated carbocycles. The summed E-state index contributed by atoms with van der Waals surface area (Å²) in [5.41, 5.74) is 4.35. The van der Waals surface area contributed by atoms with Gasteiger partial charge in [0.05, 0.1) is 18.8 Å². The van der Waals surface area contributed by atoms with Crippen LogP contribution in [0.25, 0.3) is 11.0 Å². The van der Waals surface area contributed by atoms with Crippen molar-refractivity contribution in [2.75, 3.05) is 7.11 Å². The number of amides is 1. The number of aromatic hydroxyl groups is 1. The average molecular weight is 339 g/mol. The van der Waals surface area contributed by atoms with Crippen molar-refractivity contribution in [2.24, 2.45) is 5.10 Å². The van der Waals surface area contributed by atoms with Gasteiger partial charge in [-0.15, -0.1) is 5.10 Å². The first-order valence-corrected chi connectivity index (χ1v) is 7.60. The number of benzene rings is 2. The summed E-state index contributed by atoms with van der Waals surface area (Å²) in [6.07, 6.45) is 1.35. The molecule has 0 spiro atoms. The van der Waals surface area contributed by atoms with Crippen LogP contribution in [-0.4, -0.2) is 39.3 Å². The van der Waals surface area contributed by atoms with Crippen molar-refractivity contribution in [1.29, 1.82) is 0 Å². The van der Waals surface area contributed by atoms with Crippen molar-refractivity contribution >= 4 is 23.2 Å². The van der Waals surface area contributed by atoms with Crippen LogP contribution in [0.15, 0.2) is 47.6 Å². The van der Waals surface area contributed by atoms with Gasteiger partial charge in [-0.2, -0.15) is 5.10 Å². The molecule has 1 heterocycles. The number of hydrogen-bond acceptors (Lipinski definition) is 6. The second-order valence-electron chi connectivity index (χ2n) is 5.36. The molecule has 2 N–H and O–H groups in total. The fourth-order valence-electron chi connectivity index (χ4n) is 2.31. The lowest BCUT2D eigenvalue weighted by atomic mass is 10.2. The number of para-hydroxylation sites is 1. The number of hydrazone groups is 1. The van der Waals surface area contributed by atoms with E-state index in [1.165, 1.54) is 24.1 Å². The molecule has 8 nitrogen and oxygen atoms in total. The lowest BCUT2D eigenvalue weighted by molar-refractivity contribution is -0.124. The molecule has 1 amide bonds. The van der Waals surface area contributed by atoms with Crippen molar-refractivity contribution in [2.45, 2.75) is 13.0 Å². The third-order valence-electron chi connectivity index (χ3n) is 3.74. The van der Waals surface area contributed by atoms with Gasteiger partial charge >= 0.3 is 0 Å². The van der Waals surface area contributed by atoms with Crippen LogP contribution < -0.4 is 10.2 Å². The maximum Gasteiger partial charge on any atom is 0.264 e. The molecule has 25 heavy (non-hydrogen) atoms. The number of phenols is 1. The lowest BCUT2D eigenvalue weighted by Gasteiger charge is -2.10. The molecule has 2 aromatic carbocycles. The molecular formula is C17H17N5O3. The molecule has 1 atom stereocenters. The smallest absolute Gasteiger partial charge is 0.264 e. The number of carbonyl (C=O) groups is 1. The van der Waals surface area contributed by atoms with Crippen LogP contribution in [0, 0.1) is 0 Å². The highest BCUT2D eigenvalue weighted by Gasteiger charge is 2.18. The van der Waals surface area contributed by atoms with Gasteiger partial charge in [0.15, 0.2) is 0 Å². The number of hydrogen-bond donors (Lipinski definition) is 2. The highest BCUT2D eigenvalue weighted by molar-refractivity contribution is 5.87. The number of carbonyl (C=O) groups excluding carboxylic acids is 1. The number of nitrogens with one attached hydrogen (secondary N) is 1. The summed E-state index contributed by atoms with van der Waals surface area (Å²) in [7, 11) is 1.53. The quantitative estimate of drug-likeness (QED) is 0.546. The molecule has 0 aliphatic rings. The third kappa shape index (κ3) is 3.42. The Kier molecular flexibility index (Phi) is 4.60. The molecule has 0 aliphatic carbocycles. The van der Waals surface area contributed by atoms with E-state index in [-0.39, 0.29) is 11.7 Å². The summed E-state index contributed by atoms with van der Waals surface area (Å²) in [5.74, 6) is 0.261. The second-order valence-corrected chi connectivity index (χ2v) is 5.36. The van der Waals surface area contributed by atoms with Crippen molar-refractivity contribution in [3.8, 4) is 11.5 Å². The van der Waals surface area contributed by atoms with E-state index in [0.717, 1.165) is 5.52 Å². The van der Waals surface area contributed by atoms with E-state index in [1.807, 2.05) is 24.3 Å². The van der Waals surface area contributed by atoms with Crippen LogP contribution in [0.5, 0.6) is 11.5 Å². The van der Waals surface area contributed by atoms with Crippen molar-refractivity contribution in [3.05, 3.63) is 48.0 Å². The van der Waals surface area contributed by atoms with Gasteiger partial charge in [0.1, 0.15) is 23.1 Å². The Hall–Kier alpha value is -3.42. The number of aromatic nitrogens is 3. The van der Waals surface area contributed by atoms with E-state index in [2.05, 4.69) is 20.8 Å². The zero-order valence-corrected chi connectivity index (χ0v) is 13.7. The van der Waals surface area contributed by atoms with Crippen LogP contribution >= 0.6 is 0 Å². The standard InChI is InChI=1S/C17H17N5O3/c1-11(22-15-6-4-3-5-14(15)19-21-22)17(24)20-18-10-12-9-13(25-2)7-8-16(12)23/h3-11,23H,1-2H3,(H,20,24). The first-order valence-electron chi connectivity index (χ1n) is 7.60. The Morgan fingerprint density at radius 1 is 1.36 bits per heavy atom. The molecule has 0 aliphatic heterocycles. The predicted octanol–water partition coefficient (Wildman–Crippen LogP) is 1.86. The van der Waals surface area contributed by atoms with Crippen LogP contribution in [0.2, 0.25) is 0 Å². The van der Waals surface area contributed by atoms with E-state index in [1.54, 1.807) is 19.1 Å². The molecule has 0 fully saturated rings. The van der Waals surface area contributed by atoms with E-state index in [0.29, 0.717) is 16.8 Å². The average Bonchev–Trinajstić information content (AvgIpc) is 3.06. The number of fused-ring (bicyclic) bond motifs is 1. The Labute approximate surface area is 143 Å². The van der Waals surface area contributed by atoms with Gasteiger partial charge in [0.2, 0.25) is 0 Å². The molecule has 128 valence electrons. The summed E-state index contributed by atoms with van der Waals surface area (Å²) in [6.45, 7) is 1.70. The first-order chi connectivity index (χ1) is 12.1. The highest BCUT2D eigenvalue weighted by atomic mass is 16.5. The zero-order valence-electron chi connectivity index (χ0n) is 13.7. The van der Waals surface area contributed by atoms with Gasteiger partial charge in [-0.25, -0.2) is 10.1 Å². The summed E-state index contributed by atoms with van der Waals surface area (Å²) < 4.78 is 6.62. The summed E-state index contributed by atoms with van der Waals surface area (Å²) in [5, 5.41) is 21.7. The SMILES string of the molecule is COc1ccc(O)c(C=NNC(=O)C(C)n2nnc3ccccc32)c1. The molecule has 1 aromatic heterocycles. The molecule has 8 heteroatoms. The minimum absolute atomic E-state index is 0.0362. The molecule has 0 radical (unpaired) electrons. The number of nitrogens with zero attached hydrogens (tertiary/aromatic N) is 4. The summed E-state index contributed by atoms with van der Waals surface area (Å²) in [6, 6.07) is 11.5. The number of ether oxygens (including phenoxy) is 1. The topological polar surface area (TPSA) is 102 Å². The minimum Gasteiger partial charge on any atom is -0.507 e.